The lowest BCUT2D eigenvalue weighted by atomic mass is 10.2. The maximum atomic E-state index is 13.1. The molecule has 1 N–H and O–H groups in total. The maximum Gasteiger partial charge on any atom is 0.183 e. The number of pyridine rings is 1. The van der Waals surface area contributed by atoms with Gasteiger partial charge in [-0.1, -0.05) is 17.4 Å². The SMILES string of the molecule is Fc1ccc2nc(NCCc3cccnc3)sc2c1. The number of anilines is 1. The number of rotatable bonds is 4. The molecule has 3 aromatic rings. The molecule has 0 unspecified atom stereocenters. The first-order valence-electron chi connectivity index (χ1n) is 6.00. The molecule has 0 fully saturated rings. The summed E-state index contributed by atoms with van der Waals surface area (Å²) in [6.45, 7) is 0.786. The van der Waals surface area contributed by atoms with Crippen molar-refractivity contribution >= 4 is 26.7 Å². The van der Waals surface area contributed by atoms with Gasteiger partial charge in [0.25, 0.3) is 0 Å². The summed E-state index contributed by atoms with van der Waals surface area (Å²) in [5.41, 5.74) is 2.01. The summed E-state index contributed by atoms with van der Waals surface area (Å²) >= 11 is 1.47. The quantitative estimate of drug-likeness (QED) is 0.790. The van der Waals surface area contributed by atoms with Crippen LogP contribution < -0.4 is 5.32 Å². The fraction of sp³-hybridized carbons (Fsp3) is 0.143. The van der Waals surface area contributed by atoms with Crippen LogP contribution in [0.5, 0.6) is 0 Å². The van der Waals surface area contributed by atoms with Gasteiger partial charge in [-0.25, -0.2) is 9.37 Å². The number of benzene rings is 1. The summed E-state index contributed by atoms with van der Waals surface area (Å²) in [5.74, 6) is -0.224. The van der Waals surface area contributed by atoms with E-state index in [1.807, 2.05) is 18.3 Å². The van der Waals surface area contributed by atoms with Crippen molar-refractivity contribution in [2.24, 2.45) is 0 Å². The van der Waals surface area contributed by atoms with Crippen molar-refractivity contribution in [3.8, 4) is 0 Å². The van der Waals surface area contributed by atoms with E-state index in [4.69, 9.17) is 0 Å². The van der Waals surface area contributed by atoms with E-state index in [-0.39, 0.29) is 5.82 Å². The molecule has 3 rings (SSSR count). The largest absolute Gasteiger partial charge is 0.361 e. The third kappa shape index (κ3) is 2.88. The summed E-state index contributed by atoms with van der Waals surface area (Å²) in [6.07, 6.45) is 4.51. The van der Waals surface area contributed by atoms with Crippen LogP contribution in [-0.2, 0) is 6.42 Å². The van der Waals surface area contributed by atoms with Crippen LogP contribution in [0.3, 0.4) is 0 Å². The van der Waals surface area contributed by atoms with Gasteiger partial charge in [-0.2, -0.15) is 0 Å². The lowest BCUT2D eigenvalue weighted by Gasteiger charge is -2.01. The third-order valence-corrected chi connectivity index (χ3v) is 3.74. The number of aromatic nitrogens is 2. The Kier molecular flexibility index (Phi) is 3.37. The molecule has 0 saturated carbocycles. The molecule has 2 heterocycles. The Labute approximate surface area is 114 Å². The average Bonchev–Trinajstić information content (AvgIpc) is 2.82. The Hall–Kier alpha value is -2.01. The molecule has 96 valence electrons. The zero-order valence-corrected chi connectivity index (χ0v) is 11.0. The van der Waals surface area contributed by atoms with Gasteiger partial charge < -0.3 is 5.32 Å². The van der Waals surface area contributed by atoms with Gasteiger partial charge in [0, 0.05) is 18.9 Å². The second-order valence-electron chi connectivity index (χ2n) is 4.17. The van der Waals surface area contributed by atoms with E-state index in [0.29, 0.717) is 0 Å². The van der Waals surface area contributed by atoms with Gasteiger partial charge in [-0.05, 0) is 36.2 Å². The Balaban J connectivity index is 1.65. The number of halogens is 1. The highest BCUT2D eigenvalue weighted by molar-refractivity contribution is 7.22. The molecule has 0 amide bonds. The van der Waals surface area contributed by atoms with Gasteiger partial charge in [0.15, 0.2) is 5.13 Å². The van der Waals surface area contributed by atoms with E-state index in [1.54, 1.807) is 12.3 Å². The minimum absolute atomic E-state index is 0.224. The number of fused-ring (bicyclic) bond motifs is 1. The van der Waals surface area contributed by atoms with Crippen molar-refractivity contribution in [3.05, 3.63) is 54.1 Å². The summed E-state index contributed by atoms with van der Waals surface area (Å²) < 4.78 is 13.9. The van der Waals surface area contributed by atoms with Crippen molar-refractivity contribution in [2.75, 3.05) is 11.9 Å². The predicted molar refractivity (Wildman–Crippen MR) is 76.0 cm³/mol. The second-order valence-corrected chi connectivity index (χ2v) is 5.20. The number of hydrogen-bond acceptors (Lipinski definition) is 4. The van der Waals surface area contributed by atoms with Gasteiger partial charge in [0.05, 0.1) is 10.2 Å². The summed E-state index contributed by atoms with van der Waals surface area (Å²) in [6, 6.07) is 8.62. The van der Waals surface area contributed by atoms with Gasteiger partial charge in [-0.15, -0.1) is 0 Å². The third-order valence-electron chi connectivity index (χ3n) is 2.76. The summed E-state index contributed by atoms with van der Waals surface area (Å²) in [4.78, 5) is 8.48. The summed E-state index contributed by atoms with van der Waals surface area (Å²) in [5, 5.41) is 4.08. The van der Waals surface area contributed by atoms with Crippen LogP contribution in [-0.4, -0.2) is 16.5 Å². The van der Waals surface area contributed by atoms with Gasteiger partial charge >= 0.3 is 0 Å². The highest BCUT2D eigenvalue weighted by Crippen LogP contribution is 2.26. The Morgan fingerprint density at radius 2 is 2.21 bits per heavy atom. The summed E-state index contributed by atoms with van der Waals surface area (Å²) in [7, 11) is 0. The molecular formula is C14H12FN3S. The lowest BCUT2D eigenvalue weighted by Crippen LogP contribution is -2.04. The fourth-order valence-corrected chi connectivity index (χ4v) is 2.75. The predicted octanol–water partition coefficient (Wildman–Crippen LogP) is 3.49. The molecule has 19 heavy (non-hydrogen) atoms. The number of nitrogens with one attached hydrogen (secondary N) is 1. The molecule has 0 atom stereocenters. The normalized spacial score (nSPS) is 10.8. The zero-order valence-electron chi connectivity index (χ0n) is 10.1. The van der Waals surface area contributed by atoms with E-state index in [2.05, 4.69) is 15.3 Å². The maximum absolute atomic E-state index is 13.1. The molecule has 5 heteroatoms. The van der Waals surface area contributed by atoms with Crippen molar-refractivity contribution < 1.29 is 4.39 Å². The van der Waals surface area contributed by atoms with Gasteiger partial charge in [0.2, 0.25) is 0 Å². The van der Waals surface area contributed by atoms with Crippen LogP contribution in [0, 0.1) is 5.82 Å². The first-order valence-corrected chi connectivity index (χ1v) is 6.82. The Bertz CT molecular complexity index is 681. The monoisotopic (exact) mass is 273 g/mol. The van der Waals surface area contributed by atoms with Crippen molar-refractivity contribution in [2.45, 2.75) is 6.42 Å². The van der Waals surface area contributed by atoms with E-state index >= 15 is 0 Å². The van der Waals surface area contributed by atoms with Gasteiger partial charge in [-0.3, -0.25) is 4.98 Å². The minimum atomic E-state index is -0.224. The minimum Gasteiger partial charge on any atom is -0.361 e. The second kappa shape index (κ2) is 5.32. The molecule has 3 nitrogen and oxygen atoms in total. The van der Waals surface area contributed by atoms with Crippen LogP contribution in [0.4, 0.5) is 9.52 Å². The zero-order chi connectivity index (χ0) is 13.1. The molecule has 0 bridgehead atoms. The van der Waals surface area contributed by atoms with Crippen LogP contribution >= 0.6 is 11.3 Å². The highest BCUT2D eigenvalue weighted by Gasteiger charge is 2.04. The molecular weight excluding hydrogens is 261 g/mol. The Morgan fingerprint density at radius 1 is 1.26 bits per heavy atom. The van der Waals surface area contributed by atoms with Crippen LogP contribution in [0.2, 0.25) is 0 Å². The first-order chi connectivity index (χ1) is 9.31. The fourth-order valence-electron chi connectivity index (χ4n) is 1.83. The molecule has 0 aliphatic rings. The number of hydrogen-bond donors (Lipinski definition) is 1. The standard InChI is InChI=1S/C14H12FN3S/c15-11-3-4-12-13(8-11)19-14(18-12)17-7-5-10-2-1-6-16-9-10/h1-4,6,8-9H,5,7H2,(H,17,18). The van der Waals surface area contributed by atoms with Crippen molar-refractivity contribution in [1.82, 2.24) is 9.97 Å². The van der Waals surface area contributed by atoms with Crippen molar-refractivity contribution in [3.63, 3.8) is 0 Å². The van der Waals surface area contributed by atoms with Crippen molar-refractivity contribution in [1.29, 1.82) is 0 Å². The molecule has 0 saturated heterocycles. The molecule has 0 radical (unpaired) electrons. The number of nitrogens with zero attached hydrogens (tertiary/aromatic N) is 2. The lowest BCUT2D eigenvalue weighted by molar-refractivity contribution is 0.630. The van der Waals surface area contributed by atoms with Crippen LogP contribution in [0.15, 0.2) is 42.7 Å². The smallest absolute Gasteiger partial charge is 0.183 e. The van der Waals surface area contributed by atoms with E-state index in [0.717, 1.165) is 28.3 Å². The number of thiazole rings is 1. The molecule has 0 spiro atoms. The molecule has 0 aliphatic heterocycles. The molecule has 0 aliphatic carbocycles. The van der Waals surface area contributed by atoms with E-state index in [9.17, 15) is 4.39 Å². The van der Waals surface area contributed by atoms with Crippen LogP contribution in [0.25, 0.3) is 10.2 Å². The Morgan fingerprint density at radius 3 is 3.05 bits per heavy atom. The van der Waals surface area contributed by atoms with Gasteiger partial charge in [0.1, 0.15) is 5.82 Å². The molecule has 1 aromatic carbocycles. The van der Waals surface area contributed by atoms with E-state index in [1.165, 1.54) is 29.0 Å². The van der Waals surface area contributed by atoms with Crippen LogP contribution in [0.1, 0.15) is 5.56 Å². The van der Waals surface area contributed by atoms with E-state index < -0.39 is 0 Å². The highest BCUT2D eigenvalue weighted by atomic mass is 32.1. The average molecular weight is 273 g/mol. The first kappa shape index (κ1) is 12.0. The molecule has 2 aromatic heterocycles. The topological polar surface area (TPSA) is 37.8 Å².